The number of fused-ring (bicyclic) bond motifs is 1. The fourth-order valence-corrected chi connectivity index (χ4v) is 2.89. The summed E-state index contributed by atoms with van der Waals surface area (Å²) >= 11 is 0. The molecule has 0 radical (unpaired) electrons. The summed E-state index contributed by atoms with van der Waals surface area (Å²) < 4.78 is 16.3. The van der Waals surface area contributed by atoms with Crippen LogP contribution in [0.5, 0.6) is 17.2 Å². The summed E-state index contributed by atoms with van der Waals surface area (Å²) in [5.41, 5.74) is 1.20. The minimum atomic E-state index is -0.521. The van der Waals surface area contributed by atoms with Gasteiger partial charge in [0.05, 0.1) is 12.8 Å². The van der Waals surface area contributed by atoms with Crippen LogP contribution in [-0.2, 0) is 9.59 Å². The van der Waals surface area contributed by atoms with Gasteiger partial charge in [0, 0.05) is 12.2 Å². The van der Waals surface area contributed by atoms with E-state index in [1.54, 1.807) is 55.3 Å². The van der Waals surface area contributed by atoms with Crippen LogP contribution in [0, 0.1) is 0 Å². The molecule has 0 spiro atoms. The van der Waals surface area contributed by atoms with E-state index in [0.29, 0.717) is 35.2 Å². The SMILES string of the molecule is CCN1C(=O)C(C)Oc2ccc(NC(=O)COc3ccccc3OC)cc21. The average Bonchev–Trinajstić information content (AvgIpc) is 2.68. The summed E-state index contributed by atoms with van der Waals surface area (Å²) in [7, 11) is 1.54. The number of anilines is 2. The number of rotatable bonds is 6. The van der Waals surface area contributed by atoms with Crippen molar-refractivity contribution in [3.63, 3.8) is 0 Å². The number of likely N-dealkylation sites (N-methyl/N-ethyl adjacent to an activating group) is 1. The van der Waals surface area contributed by atoms with Crippen molar-refractivity contribution < 1.29 is 23.8 Å². The number of nitrogens with one attached hydrogen (secondary N) is 1. The Morgan fingerprint density at radius 3 is 2.67 bits per heavy atom. The number of hydrogen-bond donors (Lipinski definition) is 1. The molecule has 0 saturated heterocycles. The molecule has 0 fully saturated rings. The molecule has 2 amide bonds. The van der Waals surface area contributed by atoms with Gasteiger partial charge in [-0.25, -0.2) is 0 Å². The van der Waals surface area contributed by atoms with E-state index in [2.05, 4.69) is 5.32 Å². The maximum Gasteiger partial charge on any atom is 0.267 e. The summed E-state index contributed by atoms with van der Waals surface area (Å²) in [5.74, 6) is 1.24. The summed E-state index contributed by atoms with van der Waals surface area (Å²) in [6, 6.07) is 12.3. The molecule has 7 heteroatoms. The zero-order chi connectivity index (χ0) is 19.4. The van der Waals surface area contributed by atoms with E-state index in [1.165, 1.54) is 0 Å². The van der Waals surface area contributed by atoms with Crippen LogP contribution in [-0.4, -0.2) is 38.2 Å². The van der Waals surface area contributed by atoms with E-state index in [1.807, 2.05) is 13.0 Å². The van der Waals surface area contributed by atoms with E-state index in [-0.39, 0.29) is 18.4 Å². The first-order valence-electron chi connectivity index (χ1n) is 8.71. The lowest BCUT2D eigenvalue weighted by molar-refractivity contribution is -0.125. The first-order valence-corrected chi connectivity index (χ1v) is 8.71. The highest BCUT2D eigenvalue weighted by Gasteiger charge is 2.30. The molecule has 1 atom stereocenters. The third-order valence-electron chi connectivity index (χ3n) is 4.20. The van der Waals surface area contributed by atoms with Gasteiger partial charge in [0.2, 0.25) is 0 Å². The van der Waals surface area contributed by atoms with Crippen molar-refractivity contribution in [1.29, 1.82) is 0 Å². The molecule has 1 aliphatic rings. The number of para-hydroxylation sites is 2. The Bertz CT molecular complexity index is 852. The molecule has 0 aromatic heterocycles. The summed E-state index contributed by atoms with van der Waals surface area (Å²) in [4.78, 5) is 26.1. The largest absolute Gasteiger partial charge is 0.493 e. The van der Waals surface area contributed by atoms with Crippen LogP contribution in [0.15, 0.2) is 42.5 Å². The highest BCUT2D eigenvalue weighted by molar-refractivity contribution is 6.01. The number of carbonyl (C=O) groups is 2. The standard InChI is InChI=1S/C20H22N2O5/c1-4-22-15-11-14(9-10-16(15)27-13(2)20(22)24)21-19(23)12-26-18-8-6-5-7-17(18)25-3/h5-11,13H,4,12H2,1-3H3,(H,21,23). The van der Waals surface area contributed by atoms with Crippen LogP contribution >= 0.6 is 0 Å². The van der Waals surface area contributed by atoms with Crippen LogP contribution < -0.4 is 24.4 Å². The monoisotopic (exact) mass is 370 g/mol. The summed E-state index contributed by atoms with van der Waals surface area (Å²) in [5, 5.41) is 2.77. The first kappa shape index (κ1) is 18.6. The Balaban J connectivity index is 1.68. The van der Waals surface area contributed by atoms with E-state index in [9.17, 15) is 9.59 Å². The quantitative estimate of drug-likeness (QED) is 0.846. The number of nitrogens with zero attached hydrogens (tertiary/aromatic N) is 1. The molecule has 142 valence electrons. The minimum Gasteiger partial charge on any atom is -0.493 e. The normalized spacial score (nSPS) is 15.6. The third-order valence-corrected chi connectivity index (χ3v) is 4.20. The van der Waals surface area contributed by atoms with Crippen LogP contribution in [0.4, 0.5) is 11.4 Å². The molecule has 1 N–H and O–H groups in total. The van der Waals surface area contributed by atoms with Gasteiger partial charge in [-0.2, -0.15) is 0 Å². The molecule has 3 rings (SSSR count). The highest BCUT2D eigenvalue weighted by atomic mass is 16.5. The molecular formula is C20H22N2O5. The lowest BCUT2D eigenvalue weighted by atomic mass is 10.1. The molecule has 7 nitrogen and oxygen atoms in total. The van der Waals surface area contributed by atoms with Gasteiger partial charge in [0.15, 0.2) is 24.2 Å². The average molecular weight is 370 g/mol. The third kappa shape index (κ3) is 3.97. The second-order valence-electron chi connectivity index (χ2n) is 6.01. The fraction of sp³-hybridized carbons (Fsp3) is 0.300. The number of methoxy groups -OCH3 is 1. The van der Waals surface area contributed by atoms with E-state index in [0.717, 1.165) is 0 Å². The van der Waals surface area contributed by atoms with Crippen molar-refractivity contribution in [2.24, 2.45) is 0 Å². The Hall–Kier alpha value is -3.22. The first-order chi connectivity index (χ1) is 13.0. The summed E-state index contributed by atoms with van der Waals surface area (Å²) in [6.45, 7) is 3.97. The van der Waals surface area contributed by atoms with Gasteiger partial charge in [0.1, 0.15) is 5.75 Å². The Labute approximate surface area is 157 Å². The van der Waals surface area contributed by atoms with Gasteiger partial charge >= 0.3 is 0 Å². The van der Waals surface area contributed by atoms with E-state index < -0.39 is 6.10 Å². The molecule has 27 heavy (non-hydrogen) atoms. The molecular weight excluding hydrogens is 348 g/mol. The van der Waals surface area contributed by atoms with Gasteiger partial charge in [-0.05, 0) is 44.2 Å². The maximum atomic E-state index is 12.3. The lowest BCUT2D eigenvalue weighted by Gasteiger charge is -2.32. The molecule has 1 heterocycles. The van der Waals surface area contributed by atoms with Crippen LogP contribution in [0.25, 0.3) is 0 Å². The Kier molecular flexibility index (Phi) is 5.49. The zero-order valence-corrected chi connectivity index (χ0v) is 15.5. The predicted molar refractivity (Wildman–Crippen MR) is 102 cm³/mol. The van der Waals surface area contributed by atoms with Crippen LogP contribution in [0.1, 0.15) is 13.8 Å². The lowest BCUT2D eigenvalue weighted by Crippen LogP contribution is -2.44. The second kappa shape index (κ2) is 7.99. The maximum absolute atomic E-state index is 12.3. The topological polar surface area (TPSA) is 77.1 Å². The molecule has 0 saturated carbocycles. The van der Waals surface area contributed by atoms with Crippen LogP contribution in [0.2, 0.25) is 0 Å². The molecule has 0 aliphatic carbocycles. The molecule has 0 bridgehead atoms. The van der Waals surface area contributed by atoms with Gasteiger partial charge in [0.25, 0.3) is 11.8 Å². The van der Waals surface area contributed by atoms with Crippen molar-refractivity contribution in [3.8, 4) is 17.2 Å². The van der Waals surface area contributed by atoms with Crippen molar-refractivity contribution >= 4 is 23.2 Å². The van der Waals surface area contributed by atoms with Crippen molar-refractivity contribution in [1.82, 2.24) is 0 Å². The Morgan fingerprint density at radius 2 is 1.96 bits per heavy atom. The highest BCUT2D eigenvalue weighted by Crippen LogP contribution is 2.36. The van der Waals surface area contributed by atoms with E-state index in [4.69, 9.17) is 14.2 Å². The molecule has 1 aliphatic heterocycles. The number of benzene rings is 2. The van der Waals surface area contributed by atoms with Gasteiger partial charge < -0.3 is 24.4 Å². The second-order valence-corrected chi connectivity index (χ2v) is 6.01. The van der Waals surface area contributed by atoms with Crippen molar-refractivity contribution in [2.45, 2.75) is 20.0 Å². The Morgan fingerprint density at radius 1 is 1.22 bits per heavy atom. The molecule has 2 aromatic carbocycles. The van der Waals surface area contributed by atoms with Gasteiger partial charge in [-0.3, -0.25) is 9.59 Å². The van der Waals surface area contributed by atoms with Gasteiger partial charge in [-0.15, -0.1) is 0 Å². The van der Waals surface area contributed by atoms with Crippen LogP contribution in [0.3, 0.4) is 0 Å². The van der Waals surface area contributed by atoms with Crippen molar-refractivity contribution in [3.05, 3.63) is 42.5 Å². The van der Waals surface area contributed by atoms with Crippen molar-refractivity contribution in [2.75, 3.05) is 30.5 Å². The predicted octanol–water partition coefficient (Wildman–Crippen LogP) is 2.85. The molecule has 1 unspecified atom stereocenters. The fourth-order valence-electron chi connectivity index (χ4n) is 2.89. The summed E-state index contributed by atoms with van der Waals surface area (Å²) in [6.07, 6.45) is -0.521. The minimum absolute atomic E-state index is 0.104. The number of carbonyl (C=O) groups excluding carboxylic acids is 2. The zero-order valence-electron chi connectivity index (χ0n) is 15.5. The van der Waals surface area contributed by atoms with E-state index >= 15 is 0 Å². The number of hydrogen-bond acceptors (Lipinski definition) is 5. The molecule has 2 aromatic rings. The number of ether oxygens (including phenoxy) is 3. The number of amides is 2. The van der Waals surface area contributed by atoms with Gasteiger partial charge in [-0.1, -0.05) is 12.1 Å². The smallest absolute Gasteiger partial charge is 0.267 e.